The number of rotatable bonds is 8. The molecule has 0 spiro atoms. The Morgan fingerprint density at radius 2 is 1.87 bits per heavy atom. The summed E-state index contributed by atoms with van der Waals surface area (Å²) >= 11 is 0. The molecule has 6 heteroatoms. The highest BCUT2D eigenvalue weighted by atomic mass is 127. The number of halogens is 1. The molecule has 0 saturated carbocycles. The molecule has 0 atom stereocenters. The normalized spacial score (nSPS) is 11.0. The quantitative estimate of drug-likeness (QED) is 0.256. The number of carbonyl (C=O) groups excluding carboxylic acids is 1. The van der Waals surface area contributed by atoms with Gasteiger partial charge in [0.2, 0.25) is 0 Å². The Labute approximate surface area is 156 Å². The van der Waals surface area contributed by atoms with Gasteiger partial charge in [-0.3, -0.25) is 4.79 Å². The van der Waals surface area contributed by atoms with Crippen molar-refractivity contribution >= 4 is 35.8 Å². The van der Waals surface area contributed by atoms with Crippen LogP contribution in [-0.4, -0.2) is 25.0 Å². The van der Waals surface area contributed by atoms with E-state index in [9.17, 15) is 4.79 Å². The third-order valence-electron chi connectivity index (χ3n) is 3.16. The Balaban J connectivity index is 0.00000484. The summed E-state index contributed by atoms with van der Waals surface area (Å²) in [5, 5.41) is 5.97. The van der Waals surface area contributed by atoms with Gasteiger partial charge in [-0.2, -0.15) is 0 Å². The first kappa shape index (κ1) is 21.7. The SMILES string of the molecule is CCCCNC(=O)c1ccc(CN=C(N)NCC(C)C)cc1.I. The monoisotopic (exact) mass is 432 g/mol. The standard InChI is InChI=1S/C17H28N4O.HI/c1-4-5-10-19-16(22)15-8-6-14(7-9-15)12-21-17(18)20-11-13(2)3;/h6-9,13H,4-5,10-12H2,1-3H3,(H,19,22)(H3,18,20,21);1H. The Morgan fingerprint density at radius 1 is 1.22 bits per heavy atom. The number of nitrogens with one attached hydrogen (secondary N) is 2. The highest BCUT2D eigenvalue weighted by Crippen LogP contribution is 2.06. The average molecular weight is 432 g/mol. The Kier molecular flexibility index (Phi) is 11.5. The molecule has 0 aromatic heterocycles. The van der Waals surface area contributed by atoms with Crippen LogP contribution in [0, 0.1) is 5.92 Å². The van der Waals surface area contributed by atoms with Gasteiger partial charge in [-0.25, -0.2) is 4.99 Å². The summed E-state index contributed by atoms with van der Waals surface area (Å²) in [6, 6.07) is 7.47. The molecule has 1 amide bonds. The lowest BCUT2D eigenvalue weighted by Gasteiger charge is -2.08. The molecule has 0 saturated heterocycles. The van der Waals surface area contributed by atoms with Gasteiger partial charge in [0.25, 0.3) is 5.91 Å². The van der Waals surface area contributed by atoms with E-state index in [2.05, 4.69) is 36.4 Å². The van der Waals surface area contributed by atoms with E-state index in [0.717, 1.165) is 31.5 Å². The molecule has 0 heterocycles. The summed E-state index contributed by atoms with van der Waals surface area (Å²) < 4.78 is 0. The second kappa shape index (κ2) is 12.2. The van der Waals surface area contributed by atoms with Crippen LogP contribution in [0.25, 0.3) is 0 Å². The van der Waals surface area contributed by atoms with E-state index < -0.39 is 0 Å². The Hall–Kier alpha value is -1.31. The lowest BCUT2D eigenvalue weighted by Crippen LogP contribution is -2.34. The van der Waals surface area contributed by atoms with Crippen molar-refractivity contribution in [1.82, 2.24) is 10.6 Å². The molecule has 0 bridgehead atoms. The molecule has 130 valence electrons. The summed E-state index contributed by atoms with van der Waals surface area (Å²) in [7, 11) is 0. The van der Waals surface area contributed by atoms with E-state index in [1.54, 1.807) is 0 Å². The van der Waals surface area contributed by atoms with Crippen LogP contribution in [0.2, 0.25) is 0 Å². The lowest BCUT2D eigenvalue weighted by atomic mass is 10.1. The number of guanidine groups is 1. The number of unbranched alkanes of at least 4 members (excludes halogenated alkanes) is 1. The molecule has 0 aliphatic carbocycles. The number of nitrogens with two attached hydrogens (primary N) is 1. The van der Waals surface area contributed by atoms with Crippen LogP contribution < -0.4 is 16.4 Å². The molecule has 0 fully saturated rings. The molecule has 4 N–H and O–H groups in total. The molecule has 23 heavy (non-hydrogen) atoms. The maximum Gasteiger partial charge on any atom is 0.251 e. The van der Waals surface area contributed by atoms with Gasteiger partial charge >= 0.3 is 0 Å². The minimum atomic E-state index is -0.0263. The fourth-order valence-electron chi connectivity index (χ4n) is 1.78. The van der Waals surface area contributed by atoms with E-state index >= 15 is 0 Å². The van der Waals surface area contributed by atoms with Gasteiger partial charge in [-0.1, -0.05) is 39.3 Å². The number of nitrogens with zero attached hydrogens (tertiary/aromatic N) is 1. The molecular formula is C17H29IN4O. The van der Waals surface area contributed by atoms with Crippen molar-refractivity contribution < 1.29 is 4.79 Å². The molecule has 0 aliphatic rings. The number of aliphatic imine (C=N–C) groups is 1. The number of amides is 1. The number of hydrogen-bond donors (Lipinski definition) is 3. The van der Waals surface area contributed by atoms with E-state index in [1.807, 2.05) is 24.3 Å². The summed E-state index contributed by atoms with van der Waals surface area (Å²) in [6.45, 7) is 8.37. The van der Waals surface area contributed by atoms with Crippen LogP contribution >= 0.6 is 24.0 Å². The zero-order valence-corrected chi connectivity index (χ0v) is 16.6. The van der Waals surface area contributed by atoms with Crippen LogP contribution in [0.1, 0.15) is 49.5 Å². The van der Waals surface area contributed by atoms with Gasteiger partial charge < -0.3 is 16.4 Å². The van der Waals surface area contributed by atoms with Crippen molar-refractivity contribution in [3.63, 3.8) is 0 Å². The molecule has 5 nitrogen and oxygen atoms in total. The van der Waals surface area contributed by atoms with E-state index in [4.69, 9.17) is 5.73 Å². The van der Waals surface area contributed by atoms with E-state index in [0.29, 0.717) is 24.0 Å². The minimum absolute atomic E-state index is 0. The minimum Gasteiger partial charge on any atom is -0.370 e. The summed E-state index contributed by atoms with van der Waals surface area (Å²) in [4.78, 5) is 16.2. The summed E-state index contributed by atoms with van der Waals surface area (Å²) in [5.74, 6) is 0.955. The highest BCUT2D eigenvalue weighted by Gasteiger charge is 2.04. The van der Waals surface area contributed by atoms with Gasteiger partial charge in [0.1, 0.15) is 0 Å². The van der Waals surface area contributed by atoms with Crippen molar-refractivity contribution in [2.45, 2.75) is 40.2 Å². The first-order valence-corrected chi connectivity index (χ1v) is 7.93. The van der Waals surface area contributed by atoms with Crippen LogP contribution in [-0.2, 0) is 6.54 Å². The zero-order valence-electron chi connectivity index (χ0n) is 14.3. The molecule has 1 rings (SSSR count). The average Bonchev–Trinajstić information content (AvgIpc) is 2.51. The number of carbonyl (C=O) groups is 1. The Morgan fingerprint density at radius 3 is 2.43 bits per heavy atom. The number of benzene rings is 1. The van der Waals surface area contributed by atoms with Crippen molar-refractivity contribution in [1.29, 1.82) is 0 Å². The van der Waals surface area contributed by atoms with Crippen LogP contribution in [0.3, 0.4) is 0 Å². The van der Waals surface area contributed by atoms with E-state index in [-0.39, 0.29) is 29.9 Å². The van der Waals surface area contributed by atoms with Crippen molar-refractivity contribution in [3.8, 4) is 0 Å². The van der Waals surface area contributed by atoms with Gasteiger partial charge in [-0.05, 0) is 30.0 Å². The topological polar surface area (TPSA) is 79.5 Å². The largest absolute Gasteiger partial charge is 0.370 e. The van der Waals surface area contributed by atoms with Crippen molar-refractivity contribution in [3.05, 3.63) is 35.4 Å². The van der Waals surface area contributed by atoms with Gasteiger partial charge in [0.05, 0.1) is 6.54 Å². The van der Waals surface area contributed by atoms with Gasteiger partial charge in [0.15, 0.2) is 5.96 Å². The molecule has 0 aliphatic heterocycles. The first-order chi connectivity index (χ1) is 10.5. The maximum atomic E-state index is 11.9. The summed E-state index contributed by atoms with van der Waals surface area (Å²) in [5.41, 5.74) is 7.49. The highest BCUT2D eigenvalue weighted by molar-refractivity contribution is 14.0. The third kappa shape index (κ3) is 9.43. The van der Waals surface area contributed by atoms with Crippen molar-refractivity contribution in [2.24, 2.45) is 16.6 Å². The molecule has 0 radical (unpaired) electrons. The maximum absolute atomic E-state index is 11.9. The van der Waals surface area contributed by atoms with Gasteiger partial charge in [-0.15, -0.1) is 24.0 Å². The smallest absolute Gasteiger partial charge is 0.251 e. The lowest BCUT2D eigenvalue weighted by molar-refractivity contribution is 0.0953. The first-order valence-electron chi connectivity index (χ1n) is 7.93. The van der Waals surface area contributed by atoms with E-state index in [1.165, 1.54) is 0 Å². The predicted octanol–water partition coefficient (Wildman–Crippen LogP) is 2.89. The Bertz CT molecular complexity index is 486. The van der Waals surface area contributed by atoms with Crippen LogP contribution in [0.4, 0.5) is 0 Å². The van der Waals surface area contributed by atoms with Crippen LogP contribution in [0.5, 0.6) is 0 Å². The van der Waals surface area contributed by atoms with Gasteiger partial charge in [0, 0.05) is 18.7 Å². The van der Waals surface area contributed by atoms with Crippen LogP contribution in [0.15, 0.2) is 29.3 Å². The molecule has 1 aromatic carbocycles. The third-order valence-corrected chi connectivity index (χ3v) is 3.16. The van der Waals surface area contributed by atoms with Crippen molar-refractivity contribution in [2.75, 3.05) is 13.1 Å². The molecule has 1 aromatic rings. The number of hydrogen-bond acceptors (Lipinski definition) is 2. The summed E-state index contributed by atoms with van der Waals surface area (Å²) in [6.07, 6.45) is 2.07. The second-order valence-electron chi connectivity index (χ2n) is 5.78. The zero-order chi connectivity index (χ0) is 16.4. The molecular weight excluding hydrogens is 403 g/mol. The fraction of sp³-hybridized carbons (Fsp3) is 0.529. The molecule has 0 unspecified atom stereocenters. The predicted molar refractivity (Wildman–Crippen MR) is 107 cm³/mol. The second-order valence-corrected chi connectivity index (χ2v) is 5.78. The fourth-order valence-corrected chi connectivity index (χ4v) is 1.78.